The summed E-state index contributed by atoms with van der Waals surface area (Å²) in [4.78, 5) is 38.1. The van der Waals surface area contributed by atoms with Crippen molar-refractivity contribution in [3.63, 3.8) is 0 Å². The van der Waals surface area contributed by atoms with Gasteiger partial charge >= 0.3 is 17.9 Å². The second-order valence-electron chi connectivity index (χ2n) is 21.3. The van der Waals surface area contributed by atoms with Crippen LogP contribution < -0.4 is 0 Å². The Kier molecular flexibility index (Phi) is 61.3. The van der Waals surface area contributed by atoms with Crippen LogP contribution in [-0.4, -0.2) is 37.2 Å². The van der Waals surface area contributed by atoms with Gasteiger partial charge in [0.25, 0.3) is 0 Å². The smallest absolute Gasteiger partial charge is 0.306 e. The van der Waals surface area contributed by atoms with Gasteiger partial charge < -0.3 is 14.2 Å². The fourth-order valence-corrected chi connectivity index (χ4v) is 8.97. The lowest BCUT2D eigenvalue weighted by Gasteiger charge is -2.18. The molecular weight excluding hydrogens is 949 g/mol. The Morgan fingerprint density at radius 1 is 0.273 bits per heavy atom. The number of allylic oxidation sites excluding steroid dienone is 18. The fraction of sp³-hybridized carbons (Fsp3) is 0.704. The largest absolute Gasteiger partial charge is 0.462 e. The molecule has 0 fully saturated rings. The van der Waals surface area contributed by atoms with Gasteiger partial charge in [0, 0.05) is 19.3 Å². The number of hydrogen-bond acceptors (Lipinski definition) is 6. The van der Waals surface area contributed by atoms with Crippen LogP contribution in [0.5, 0.6) is 0 Å². The maximum atomic E-state index is 12.9. The van der Waals surface area contributed by atoms with E-state index in [1.165, 1.54) is 128 Å². The maximum absolute atomic E-state index is 12.9. The van der Waals surface area contributed by atoms with E-state index in [0.29, 0.717) is 19.3 Å². The molecule has 0 bridgehead atoms. The van der Waals surface area contributed by atoms with Crippen LogP contribution in [0.4, 0.5) is 0 Å². The summed E-state index contributed by atoms with van der Waals surface area (Å²) in [6.07, 6.45) is 88.3. The summed E-state index contributed by atoms with van der Waals surface area (Å²) in [7, 11) is 0. The molecular formula is C71H120O6. The van der Waals surface area contributed by atoms with Gasteiger partial charge in [-0.3, -0.25) is 14.4 Å². The summed E-state index contributed by atoms with van der Waals surface area (Å²) in [5.41, 5.74) is 0. The highest BCUT2D eigenvalue weighted by Crippen LogP contribution is 2.16. The molecule has 6 heteroatoms. The molecule has 0 spiro atoms. The molecule has 0 aliphatic rings. The predicted molar refractivity (Wildman–Crippen MR) is 334 cm³/mol. The number of carbonyl (C=O) groups excluding carboxylic acids is 3. The van der Waals surface area contributed by atoms with Gasteiger partial charge in [-0.05, 0) is 89.9 Å². The van der Waals surface area contributed by atoms with Gasteiger partial charge in [-0.2, -0.15) is 0 Å². The Balaban J connectivity index is 4.21. The van der Waals surface area contributed by atoms with Gasteiger partial charge in [0.05, 0.1) is 0 Å². The van der Waals surface area contributed by atoms with E-state index in [9.17, 15) is 14.4 Å². The van der Waals surface area contributed by atoms with E-state index in [-0.39, 0.29) is 31.1 Å². The van der Waals surface area contributed by atoms with E-state index < -0.39 is 6.10 Å². The van der Waals surface area contributed by atoms with Gasteiger partial charge in [-0.1, -0.05) is 304 Å². The minimum Gasteiger partial charge on any atom is -0.462 e. The monoisotopic (exact) mass is 1070 g/mol. The molecule has 0 aromatic heterocycles. The molecule has 0 rings (SSSR count). The van der Waals surface area contributed by atoms with Crippen LogP contribution in [-0.2, 0) is 28.6 Å². The summed E-state index contributed by atoms with van der Waals surface area (Å²) in [6.45, 7) is 6.50. The lowest BCUT2D eigenvalue weighted by atomic mass is 10.0. The van der Waals surface area contributed by atoms with Crippen LogP contribution >= 0.6 is 0 Å². The zero-order valence-corrected chi connectivity index (χ0v) is 50.4. The number of rotatable bonds is 58. The Morgan fingerprint density at radius 3 is 0.792 bits per heavy atom. The third-order valence-electron chi connectivity index (χ3n) is 13.8. The fourth-order valence-electron chi connectivity index (χ4n) is 8.97. The Morgan fingerprint density at radius 2 is 0.506 bits per heavy atom. The third-order valence-corrected chi connectivity index (χ3v) is 13.8. The molecule has 0 aromatic rings. The van der Waals surface area contributed by atoms with Crippen LogP contribution in [0.15, 0.2) is 109 Å². The summed E-state index contributed by atoms with van der Waals surface area (Å²) >= 11 is 0. The molecule has 0 radical (unpaired) electrons. The van der Waals surface area contributed by atoms with Crippen molar-refractivity contribution in [1.82, 2.24) is 0 Å². The third kappa shape index (κ3) is 62.8. The molecule has 0 aromatic carbocycles. The first-order valence-corrected chi connectivity index (χ1v) is 32.4. The Labute approximate surface area is 476 Å². The van der Waals surface area contributed by atoms with Crippen LogP contribution in [0, 0.1) is 0 Å². The molecule has 6 nitrogen and oxygen atoms in total. The highest BCUT2D eigenvalue weighted by atomic mass is 16.6. The van der Waals surface area contributed by atoms with E-state index in [2.05, 4.69) is 130 Å². The van der Waals surface area contributed by atoms with Crippen LogP contribution in [0.25, 0.3) is 0 Å². The van der Waals surface area contributed by atoms with Crippen molar-refractivity contribution in [3.8, 4) is 0 Å². The van der Waals surface area contributed by atoms with Crippen LogP contribution in [0.1, 0.15) is 303 Å². The molecule has 0 amide bonds. The van der Waals surface area contributed by atoms with E-state index in [1.807, 2.05) is 0 Å². The standard InChI is InChI=1S/C71H120O6/c1-4-7-10-13-16-19-21-23-25-27-29-30-31-32-33-34-35-36-37-38-39-40-41-42-43-45-46-48-50-52-55-58-61-64-70(73)76-67-68(66-75-69(72)63-60-57-54-18-15-12-9-6-3)77-71(74)65-62-59-56-53-51-49-47-44-28-26-24-22-20-17-14-11-8-5-2/h7,10,16,19,23,25,29-30,32-33,35-36,38-39,41-42,45-46,68H,4-6,8-9,11-15,17-18,20-22,24,26-28,31,34,37,40,43-44,47-67H2,1-3H3/b10-7-,19-16-,25-23-,30-29-,33-32-,36-35-,39-38-,42-41-,46-45-. The molecule has 0 aliphatic carbocycles. The summed E-state index contributed by atoms with van der Waals surface area (Å²) in [6, 6.07) is 0. The normalized spacial score (nSPS) is 12.8. The average Bonchev–Trinajstić information content (AvgIpc) is 3.43. The molecule has 0 N–H and O–H groups in total. The van der Waals surface area contributed by atoms with Crippen molar-refractivity contribution in [2.24, 2.45) is 0 Å². The molecule has 0 saturated carbocycles. The maximum Gasteiger partial charge on any atom is 0.306 e. The molecule has 0 aliphatic heterocycles. The van der Waals surface area contributed by atoms with E-state index in [4.69, 9.17) is 14.2 Å². The van der Waals surface area contributed by atoms with Gasteiger partial charge in [0.1, 0.15) is 13.2 Å². The van der Waals surface area contributed by atoms with Crippen molar-refractivity contribution >= 4 is 17.9 Å². The second kappa shape index (κ2) is 64.6. The molecule has 1 unspecified atom stereocenters. The average molecular weight is 1070 g/mol. The van der Waals surface area contributed by atoms with Crippen LogP contribution in [0.3, 0.4) is 0 Å². The van der Waals surface area contributed by atoms with E-state index in [1.54, 1.807) is 0 Å². The second-order valence-corrected chi connectivity index (χ2v) is 21.3. The SMILES string of the molecule is CC/C=C\C/C=C\C/C=C\C/C=C\C/C=C\C/C=C\C/C=C\C/C=C\C/C=C\CCCCCCCC(=O)OCC(COC(=O)CCCCCCCCCC)OC(=O)CCCCCCCCCCCCCCCCCCCC. The highest BCUT2D eigenvalue weighted by Gasteiger charge is 2.19. The van der Waals surface area contributed by atoms with Crippen molar-refractivity contribution < 1.29 is 28.6 Å². The lowest BCUT2D eigenvalue weighted by molar-refractivity contribution is -0.167. The van der Waals surface area contributed by atoms with Crippen molar-refractivity contribution in [2.45, 2.75) is 309 Å². The number of ether oxygens (including phenoxy) is 3. The van der Waals surface area contributed by atoms with Gasteiger partial charge in [-0.25, -0.2) is 0 Å². The molecule has 440 valence electrons. The molecule has 0 heterocycles. The summed E-state index contributed by atoms with van der Waals surface area (Å²) in [5.74, 6) is -0.896. The number of carbonyl (C=O) groups is 3. The lowest BCUT2D eigenvalue weighted by Crippen LogP contribution is -2.30. The summed E-state index contributed by atoms with van der Waals surface area (Å²) in [5, 5.41) is 0. The zero-order valence-electron chi connectivity index (χ0n) is 50.4. The molecule has 1 atom stereocenters. The number of unbranched alkanes of at least 4 members (excludes halogenated alkanes) is 29. The number of esters is 3. The first-order chi connectivity index (χ1) is 38.0. The predicted octanol–water partition coefficient (Wildman–Crippen LogP) is 22.2. The van der Waals surface area contributed by atoms with Crippen molar-refractivity contribution in [3.05, 3.63) is 109 Å². The number of hydrogen-bond donors (Lipinski definition) is 0. The Hall–Kier alpha value is -3.93. The quantitative estimate of drug-likeness (QED) is 0.0261. The van der Waals surface area contributed by atoms with E-state index in [0.717, 1.165) is 135 Å². The van der Waals surface area contributed by atoms with E-state index >= 15 is 0 Å². The highest BCUT2D eigenvalue weighted by molar-refractivity contribution is 5.71. The van der Waals surface area contributed by atoms with Crippen LogP contribution in [0.2, 0.25) is 0 Å². The van der Waals surface area contributed by atoms with Gasteiger partial charge in [0.2, 0.25) is 0 Å². The van der Waals surface area contributed by atoms with Gasteiger partial charge in [0.15, 0.2) is 6.10 Å². The molecule has 77 heavy (non-hydrogen) atoms. The minimum absolute atomic E-state index is 0.0810. The zero-order chi connectivity index (χ0) is 55.7. The summed E-state index contributed by atoms with van der Waals surface area (Å²) < 4.78 is 16.8. The van der Waals surface area contributed by atoms with Crippen molar-refractivity contribution in [1.29, 1.82) is 0 Å². The molecule has 0 saturated heterocycles. The van der Waals surface area contributed by atoms with Gasteiger partial charge in [-0.15, -0.1) is 0 Å². The first-order valence-electron chi connectivity index (χ1n) is 32.4. The Bertz CT molecular complexity index is 1560. The topological polar surface area (TPSA) is 78.9 Å². The van der Waals surface area contributed by atoms with Crippen molar-refractivity contribution in [2.75, 3.05) is 13.2 Å². The first kappa shape index (κ1) is 73.1. The minimum atomic E-state index is -0.783.